The molecule has 0 saturated carbocycles. The quantitative estimate of drug-likeness (QED) is 0.898. The van der Waals surface area contributed by atoms with Gasteiger partial charge >= 0.3 is 6.03 Å². The lowest BCUT2D eigenvalue weighted by atomic mass is 9.96. The van der Waals surface area contributed by atoms with Crippen LogP contribution in [0.5, 0.6) is 5.75 Å². The Morgan fingerprint density at radius 1 is 1.36 bits per heavy atom. The molecule has 22 heavy (non-hydrogen) atoms. The van der Waals surface area contributed by atoms with Gasteiger partial charge in [-0.2, -0.15) is 5.21 Å². The number of nitrogens with zero attached hydrogens (tertiary/aromatic N) is 4. The number of benzene rings is 1. The Bertz CT molecular complexity index is 622. The van der Waals surface area contributed by atoms with Crippen LogP contribution in [-0.4, -0.2) is 51.8 Å². The van der Waals surface area contributed by atoms with Crippen molar-refractivity contribution in [2.24, 2.45) is 0 Å². The van der Waals surface area contributed by atoms with E-state index in [1.165, 1.54) is 0 Å². The van der Waals surface area contributed by atoms with Crippen molar-refractivity contribution in [1.82, 2.24) is 25.5 Å². The summed E-state index contributed by atoms with van der Waals surface area (Å²) in [5.74, 6) is 1.64. The second-order valence-corrected chi connectivity index (χ2v) is 5.16. The number of tetrazole rings is 1. The first-order valence-electron chi connectivity index (χ1n) is 7.20. The largest absolute Gasteiger partial charge is 0.495 e. The molecule has 1 aromatic heterocycles. The first-order valence-corrected chi connectivity index (χ1v) is 7.20. The van der Waals surface area contributed by atoms with Crippen molar-refractivity contribution in [2.45, 2.75) is 18.8 Å². The summed E-state index contributed by atoms with van der Waals surface area (Å²) in [6, 6.07) is 7.25. The van der Waals surface area contributed by atoms with E-state index < -0.39 is 0 Å². The van der Waals surface area contributed by atoms with Gasteiger partial charge in [0.05, 0.1) is 12.8 Å². The molecule has 3 rings (SSSR count). The van der Waals surface area contributed by atoms with Crippen LogP contribution in [0.4, 0.5) is 10.5 Å². The standard InChI is InChI=1S/C14H18N6O2/c1-22-12-5-3-2-4-11(12)15-14(21)20-8-6-10(7-9-20)13-16-18-19-17-13/h2-5,10H,6-9H2,1H3,(H,15,21)(H,16,17,18,19). The van der Waals surface area contributed by atoms with E-state index in [0.29, 0.717) is 24.5 Å². The first kappa shape index (κ1) is 14.3. The summed E-state index contributed by atoms with van der Waals surface area (Å²) in [5.41, 5.74) is 0.676. The molecule has 0 spiro atoms. The third-order valence-electron chi connectivity index (χ3n) is 3.86. The van der Waals surface area contributed by atoms with E-state index >= 15 is 0 Å². The molecule has 8 heteroatoms. The number of H-pyrrole nitrogens is 1. The SMILES string of the molecule is COc1ccccc1NC(=O)N1CCC(c2nn[nH]n2)CC1. The number of nitrogens with one attached hydrogen (secondary N) is 2. The van der Waals surface area contributed by atoms with E-state index in [2.05, 4.69) is 25.9 Å². The molecule has 1 aliphatic heterocycles. The number of aromatic nitrogens is 4. The summed E-state index contributed by atoms with van der Waals surface area (Å²) in [5, 5.41) is 17.0. The number of hydrogen-bond donors (Lipinski definition) is 2. The number of likely N-dealkylation sites (tertiary alicyclic amines) is 1. The average molecular weight is 302 g/mol. The molecule has 116 valence electrons. The highest BCUT2D eigenvalue weighted by molar-refractivity contribution is 5.91. The Kier molecular flexibility index (Phi) is 4.17. The van der Waals surface area contributed by atoms with Crippen LogP contribution < -0.4 is 10.1 Å². The van der Waals surface area contributed by atoms with E-state index in [0.717, 1.165) is 18.7 Å². The summed E-state index contributed by atoms with van der Waals surface area (Å²) < 4.78 is 5.24. The molecule has 2 amide bonds. The van der Waals surface area contributed by atoms with Crippen molar-refractivity contribution < 1.29 is 9.53 Å². The van der Waals surface area contributed by atoms with E-state index in [1.54, 1.807) is 12.0 Å². The molecule has 1 fully saturated rings. The Morgan fingerprint density at radius 3 is 2.82 bits per heavy atom. The average Bonchev–Trinajstić information content (AvgIpc) is 3.10. The van der Waals surface area contributed by atoms with E-state index in [-0.39, 0.29) is 11.9 Å². The van der Waals surface area contributed by atoms with Gasteiger partial charge in [-0.25, -0.2) is 4.79 Å². The van der Waals surface area contributed by atoms with Crippen LogP contribution >= 0.6 is 0 Å². The molecule has 0 unspecified atom stereocenters. The highest BCUT2D eigenvalue weighted by Crippen LogP contribution is 2.27. The maximum absolute atomic E-state index is 12.3. The molecule has 0 aliphatic carbocycles. The smallest absolute Gasteiger partial charge is 0.321 e. The fourth-order valence-electron chi connectivity index (χ4n) is 2.63. The molecule has 0 bridgehead atoms. The number of piperidine rings is 1. The molecule has 8 nitrogen and oxygen atoms in total. The summed E-state index contributed by atoms with van der Waals surface area (Å²) >= 11 is 0. The summed E-state index contributed by atoms with van der Waals surface area (Å²) in [7, 11) is 1.58. The Hall–Kier alpha value is -2.64. The Balaban J connectivity index is 1.58. The lowest BCUT2D eigenvalue weighted by molar-refractivity contribution is 0.193. The van der Waals surface area contributed by atoms with E-state index in [9.17, 15) is 4.79 Å². The number of methoxy groups -OCH3 is 1. The molecule has 1 aliphatic rings. The minimum absolute atomic E-state index is 0.115. The molecule has 2 heterocycles. The number of carbonyl (C=O) groups is 1. The molecule has 1 aromatic carbocycles. The van der Waals surface area contributed by atoms with Crippen molar-refractivity contribution in [2.75, 3.05) is 25.5 Å². The molecule has 2 N–H and O–H groups in total. The van der Waals surface area contributed by atoms with Crippen LogP contribution in [0.15, 0.2) is 24.3 Å². The van der Waals surface area contributed by atoms with Crippen LogP contribution in [0.25, 0.3) is 0 Å². The normalized spacial score (nSPS) is 15.6. The van der Waals surface area contributed by atoms with Crippen LogP contribution in [0.2, 0.25) is 0 Å². The van der Waals surface area contributed by atoms with E-state index in [1.807, 2.05) is 24.3 Å². The van der Waals surface area contributed by atoms with Gasteiger partial charge in [-0.05, 0) is 25.0 Å². The van der Waals surface area contributed by atoms with Gasteiger partial charge in [0.1, 0.15) is 5.75 Å². The van der Waals surface area contributed by atoms with Gasteiger partial charge < -0.3 is 15.0 Å². The lowest BCUT2D eigenvalue weighted by Gasteiger charge is -2.30. The third-order valence-corrected chi connectivity index (χ3v) is 3.86. The fraction of sp³-hybridized carbons (Fsp3) is 0.429. The molecular formula is C14H18N6O2. The zero-order chi connectivity index (χ0) is 15.4. The second-order valence-electron chi connectivity index (χ2n) is 5.16. The highest BCUT2D eigenvalue weighted by atomic mass is 16.5. The minimum Gasteiger partial charge on any atom is -0.495 e. The van der Waals surface area contributed by atoms with Gasteiger partial charge in [-0.15, -0.1) is 10.2 Å². The lowest BCUT2D eigenvalue weighted by Crippen LogP contribution is -2.40. The van der Waals surface area contributed by atoms with Gasteiger partial charge in [0.2, 0.25) is 0 Å². The predicted molar refractivity (Wildman–Crippen MR) is 79.7 cm³/mol. The van der Waals surface area contributed by atoms with Crippen LogP contribution in [0.1, 0.15) is 24.6 Å². The zero-order valence-corrected chi connectivity index (χ0v) is 12.3. The number of carbonyl (C=O) groups excluding carboxylic acids is 1. The number of ether oxygens (including phenoxy) is 1. The van der Waals surface area contributed by atoms with Gasteiger partial charge in [0.15, 0.2) is 5.82 Å². The fourth-order valence-corrected chi connectivity index (χ4v) is 2.63. The van der Waals surface area contributed by atoms with Crippen molar-refractivity contribution >= 4 is 11.7 Å². The van der Waals surface area contributed by atoms with Crippen molar-refractivity contribution in [1.29, 1.82) is 0 Å². The molecule has 0 atom stereocenters. The Labute approximate surface area is 127 Å². The number of amides is 2. The van der Waals surface area contributed by atoms with Crippen LogP contribution in [0, 0.1) is 0 Å². The van der Waals surface area contributed by atoms with Crippen molar-refractivity contribution in [3.63, 3.8) is 0 Å². The van der Waals surface area contributed by atoms with Gasteiger partial charge in [-0.3, -0.25) is 0 Å². The summed E-state index contributed by atoms with van der Waals surface area (Å²) in [4.78, 5) is 14.1. The van der Waals surface area contributed by atoms with Gasteiger partial charge in [0.25, 0.3) is 0 Å². The van der Waals surface area contributed by atoms with Gasteiger partial charge in [-0.1, -0.05) is 17.3 Å². The third kappa shape index (κ3) is 3.00. The molecule has 0 radical (unpaired) electrons. The maximum Gasteiger partial charge on any atom is 0.321 e. The number of anilines is 1. The number of urea groups is 1. The number of hydrogen-bond acceptors (Lipinski definition) is 5. The highest BCUT2D eigenvalue weighted by Gasteiger charge is 2.26. The molecule has 1 saturated heterocycles. The molecule has 2 aromatic rings. The van der Waals surface area contributed by atoms with Crippen LogP contribution in [0.3, 0.4) is 0 Å². The topological polar surface area (TPSA) is 96.0 Å². The first-order chi connectivity index (χ1) is 10.8. The van der Waals surface area contributed by atoms with Crippen molar-refractivity contribution in [3.8, 4) is 5.75 Å². The predicted octanol–water partition coefficient (Wildman–Crippen LogP) is 1.62. The van der Waals surface area contributed by atoms with Crippen LogP contribution in [-0.2, 0) is 0 Å². The minimum atomic E-state index is -0.115. The van der Waals surface area contributed by atoms with E-state index in [4.69, 9.17) is 4.74 Å². The number of rotatable bonds is 3. The zero-order valence-electron chi connectivity index (χ0n) is 12.3. The Morgan fingerprint density at radius 2 is 2.14 bits per heavy atom. The number of para-hydroxylation sites is 2. The molecular weight excluding hydrogens is 284 g/mol. The summed E-state index contributed by atoms with van der Waals surface area (Å²) in [6.45, 7) is 1.33. The van der Waals surface area contributed by atoms with Crippen molar-refractivity contribution in [3.05, 3.63) is 30.1 Å². The maximum atomic E-state index is 12.3. The van der Waals surface area contributed by atoms with Gasteiger partial charge in [0, 0.05) is 19.0 Å². The monoisotopic (exact) mass is 302 g/mol. The number of aromatic amines is 1. The summed E-state index contributed by atoms with van der Waals surface area (Å²) in [6.07, 6.45) is 1.66. The second kappa shape index (κ2) is 6.42.